The highest BCUT2D eigenvalue weighted by molar-refractivity contribution is 5.89. The highest BCUT2D eigenvalue weighted by atomic mass is 16.6. The van der Waals surface area contributed by atoms with Gasteiger partial charge in [0.1, 0.15) is 18.6 Å². The van der Waals surface area contributed by atoms with Gasteiger partial charge in [-0.05, 0) is 24.9 Å². The zero-order valence-electron chi connectivity index (χ0n) is 17.1. The fourth-order valence-corrected chi connectivity index (χ4v) is 3.35. The number of aromatic nitrogens is 1. The summed E-state index contributed by atoms with van der Waals surface area (Å²) in [4.78, 5) is 26.6. The van der Waals surface area contributed by atoms with Crippen LogP contribution in [0.25, 0.3) is 0 Å². The van der Waals surface area contributed by atoms with Crippen LogP contribution in [0.15, 0.2) is 10.6 Å². The predicted molar refractivity (Wildman–Crippen MR) is 98.8 cm³/mol. The number of β-amino-alcohol motifs (C(OH)–C–C–N with tert-alkyl or cyclic N) is 1. The van der Waals surface area contributed by atoms with E-state index < -0.39 is 24.0 Å². The molecule has 1 aliphatic rings. The molecular formula is C19H30N2O7. The fourth-order valence-electron chi connectivity index (χ4n) is 3.35. The zero-order chi connectivity index (χ0) is 20.8. The molecule has 1 N–H and O–H groups in total. The zero-order valence-corrected chi connectivity index (χ0v) is 17.1. The topological polar surface area (TPSA) is 111 Å². The molecule has 9 nitrogen and oxygen atoms in total. The third-order valence-electron chi connectivity index (χ3n) is 4.70. The number of aliphatic hydroxyl groups excluding tert-OH is 1. The Bertz CT molecular complexity index is 660. The highest BCUT2D eigenvalue weighted by Gasteiger charge is 2.43. The van der Waals surface area contributed by atoms with Gasteiger partial charge in [-0.1, -0.05) is 13.8 Å². The molecule has 1 aromatic rings. The summed E-state index contributed by atoms with van der Waals surface area (Å²) >= 11 is 0. The Morgan fingerprint density at radius 2 is 2.11 bits per heavy atom. The number of esters is 1. The number of methoxy groups -OCH3 is 1. The second kappa shape index (κ2) is 9.88. The summed E-state index contributed by atoms with van der Waals surface area (Å²) in [5.41, 5.74) is 0. The molecule has 158 valence electrons. The van der Waals surface area contributed by atoms with Crippen molar-refractivity contribution in [1.82, 2.24) is 10.1 Å². The Hall–Kier alpha value is -2.13. The average molecular weight is 398 g/mol. The molecule has 4 atom stereocenters. The number of hydrogen-bond donors (Lipinski definition) is 1. The lowest BCUT2D eigenvalue weighted by Crippen LogP contribution is -2.44. The lowest BCUT2D eigenvalue weighted by Gasteiger charge is -2.27. The van der Waals surface area contributed by atoms with Crippen LogP contribution in [-0.4, -0.2) is 72.2 Å². The monoisotopic (exact) mass is 398 g/mol. The lowest BCUT2D eigenvalue weighted by molar-refractivity contribution is -0.152. The number of hydrogen-bond acceptors (Lipinski definition) is 8. The molecule has 0 aliphatic carbocycles. The van der Waals surface area contributed by atoms with Gasteiger partial charge in [-0.25, -0.2) is 4.79 Å². The molecule has 0 saturated carbocycles. The van der Waals surface area contributed by atoms with Gasteiger partial charge in [-0.3, -0.25) is 4.79 Å². The van der Waals surface area contributed by atoms with Gasteiger partial charge in [0.05, 0.1) is 19.3 Å². The van der Waals surface area contributed by atoms with Crippen LogP contribution in [0.4, 0.5) is 0 Å². The minimum atomic E-state index is -0.806. The Kier molecular flexibility index (Phi) is 7.82. The molecule has 1 fully saturated rings. The smallest absolute Gasteiger partial charge is 0.328 e. The summed E-state index contributed by atoms with van der Waals surface area (Å²) in [6, 6.07) is 0.778. The first kappa shape index (κ1) is 22.2. The van der Waals surface area contributed by atoms with Gasteiger partial charge in [-0.2, -0.15) is 0 Å². The number of nitrogens with zero attached hydrogens (tertiary/aromatic N) is 2. The highest BCUT2D eigenvalue weighted by Crippen LogP contribution is 2.32. The van der Waals surface area contributed by atoms with E-state index >= 15 is 0 Å². The molecule has 1 aromatic heterocycles. The van der Waals surface area contributed by atoms with Crippen LogP contribution in [0.5, 0.6) is 5.88 Å². The Balaban J connectivity index is 2.14. The summed E-state index contributed by atoms with van der Waals surface area (Å²) in [6.45, 7) is 8.51. The molecule has 9 heteroatoms. The van der Waals surface area contributed by atoms with Crippen molar-refractivity contribution >= 4 is 11.9 Å². The van der Waals surface area contributed by atoms with Gasteiger partial charge in [0.2, 0.25) is 5.91 Å². The van der Waals surface area contributed by atoms with Crippen molar-refractivity contribution < 1.29 is 33.4 Å². The second-order valence-electron chi connectivity index (χ2n) is 7.29. The van der Waals surface area contributed by atoms with E-state index in [9.17, 15) is 14.7 Å². The van der Waals surface area contributed by atoms with Crippen LogP contribution in [0.3, 0.4) is 0 Å². The van der Waals surface area contributed by atoms with Crippen molar-refractivity contribution in [2.75, 3.05) is 26.9 Å². The SMILES string of the molecule is CCOC(C)COc1cc([C@@H](C(=O)N2C[C@H](O)C[C@H]2C(=O)OC)C(C)C)on1. The molecular weight excluding hydrogens is 368 g/mol. The number of carbonyl (C=O) groups excluding carboxylic acids is 2. The third kappa shape index (κ3) is 5.23. The van der Waals surface area contributed by atoms with Crippen LogP contribution in [-0.2, 0) is 19.1 Å². The van der Waals surface area contributed by atoms with Crippen LogP contribution in [0, 0.1) is 5.92 Å². The van der Waals surface area contributed by atoms with E-state index in [0.29, 0.717) is 19.0 Å². The van der Waals surface area contributed by atoms with E-state index in [1.54, 1.807) is 6.07 Å². The van der Waals surface area contributed by atoms with E-state index in [4.69, 9.17) is 18.7 Å². The van der Waals surface area contributed by atoms with Gasteiger partial charge in [0.25, 0.3) is 5.88 Å². The molecule has 0 spiro atoms. The van der Waals surface area contributed by atoms with Crippen LogP contribution in [0.1, 0.15) is 45.8 Å². The molecule has 0 bridgehead atoms. The first-order chi connectivity index (χ1) is 13.3. The Morgan fingerprint density at radius 1 is 1.39 bits per heavy atom. The fraction of sp³-hybridized carbons (Fsp3) is 0.737. The quantitative estimate of drug-likeness (QED) is 0.621. The molecule has 0 radical (unpaired) electrons. The summed E-state index contributed by atoms with van der Waals surface area (Å²) in [7, 11) is 1.26. The number of carbonyl (C=O) groups is 2. The van der Waals surface area contributed by atoms with Gasteiger partial charge >= 0.3 is 5.97 Å². The maximum absolute atomic E-state index is 13.2. The van der Waals surface area contributed by atoms with Crippen molar-refractivity contribution in [3.05, 3.63) is 11.8 Å². The number of amides is 1. The van der Waals surface area contributed by atoms with Crippen LogP contribution >= 0.6 is 0 Å². The molecule has 1 saturated heterocycles. The van der Waals surface area contributed by atoms with Crippen molar-refractivity contribution in [2.24, 2.45) is 5.92 Å². The summed E-state index contributed by atoms with van der Waals surface area (Å²) in [6.07, 6.45) is -0.710. The minimum absolute atomic E-state index is 0.0746. The molecule has 2 rings (SSSR count). The van der Waals surface area contributed by atoms with Gasteiger partial charge in [-0.15, -0.1) is 0 Å². The van der Waals surface area contributed by atoms with E-state index in [0.717, 1.165) is 0 Å². The number of likely N-dealkylation sites (tertiary alicyclic amines) is 1. The average Bonchev–Trinajstić information content (AvgIpc) is 3.26. The Morgan fingerprint density at radius 3 is 2.71 bits per heavy atom. The Labute approximate surface area is 164 Å². The predicted octanol–water partition coefficient (Wildman–Crippen LogP) is 1.35. The largest absolute Gasteiger partial charge is 0.473 e. The molecule has 1 amide bonds. The van der Waals surface area contributed by atoms with E-state index in [-0.39, 0.29) is 36.8 Å². The van der Waals surface area contributed by atoms with Crippen molar-refractivity contribution in [3.8, 4) is 5.88 Å². The molecule has 1 aliphatic heterocycles. The van der Waals surface area contributed by atoms with E-state index in [1.165, 1.54) is 12.0 Å². The number of aliphatic hydroxyl groups is 1. The molecule has 0 aromatic carbocycles. The number of ether oxygens (including phenoxy) is 3. The summed E-state index contributed by atoms with van der Waals surface area (Å²) in [5.74, 6) is -1.01. The van der Waals surface area contributed by atoms with Crippen LogP contribution < -0.4 is 4.74 Å². The lowest BCUT2D eigenvalue weighted by atomic mass is 9.91. The molecule has 1 unspecified atom stereocenters. The molecule has 28 heavy (non-hydrogen) atoms. The van der Waals surface area contributed by atoms with E-state index in [1.807, 2.05) is 27.7 Å². The first-order valence-corrected chi connectivity index (χ1v) is 9.55. The first-order valence-electron chi connectivity index (χ1n) is 9.55. The van der Waals surface area contributed by atoms with Crippen LogP contribution in [0.2, 0.25) is 0 Å². The van der Waals surface area contributed by atoms with Crippen molar-refractivity contribution in [2.45, 2.75) is 58.3 Å². The van der Waals surface area contributed by atoms with E-state index in [2.05, 4.69) is 5.16 Å². The normalized spacial score (nSPS) is 21.6. The maximum Gasteiger partial charge on any atom is 0.328 e. The van der Waals surface area contributed by atoms with Gasteiger partial charge in [0.15, 0.2) is 5.76 Å². The third-order valence-corrected chi connectivity index (χ3v) is 4.70. The standard InChI is InChI=1S/C19H30N2O7/c1-6-26-12(4)10-27-16-8-15(28-20-16)17(11(2)3)18(23)21-9-13(22)7-14(21)19(24)25-5/h8,11-14,17,22H,6-7,9-10H2,1-5H3/t12?,13-,14+,17+/m1/s1. The van der Waals surface area contributed by atoms with Crippen molar-refractivity contribution in [1.29, 1.82) is 0 Å². The summed E-state index contributed by atoms with van der Waals surface area (Å²) in [5, 5.41) is 13.8. The maximum atomic E-state index is 13.2. The second-order valence-corrected chi connectivity index (χ2v) is 7.29. The van der Waals surface area contributed by atoms with Crippen molar-refractivity contribution in [3.63, 3.8) is 0 Å². The number of rotatable bonds is 9. The van der Waals surface area contributed by atoms with Gasteiger partial charge in [0, 0.05) is 25.6 Å². The molecule has 2 heterocycles. The van der Waals surface area contributed by atoms with Gasteiger partial charge < -0.3 is 28.7 Å². The summed E-state index contributed by atoms with van der Waals surface area (Å²) < 4.78 is 21.1. The minimum Gasteiger partial charge on any atom is -0.473 e.